The Hall–Kier alpha value is -2.30. The lowest BCUT2D eigenvalue weighted by molar-refractivity contribution is -0.153. The van der Waals surface area contributed by atoms with E-state index >= 15 is 0 Å². The number of amides is 1. The number of esters is 1. The van der Waals surface area contributed by atoms with Crippen LogP contribution < -0.4 is 5.32 Å². The summed E-state index contributed by atoms with van der Waals surface area (Å²) in [7, 11) is 0. The third-order valence-electron chi connectivity index (χ3n) is 12.4. The Morgan fingerprint density at radius 3 is 2.47 bits per heavy atom. The summed E-state index contributed by atoms with van der Waals surface area (Å²) in [6.07, 6.45) is 15.5. The second-order valence-electron chi connectivity index (χ2n) is 15.5. The van der Waals surface area contributed by atoms with Gasteiger partial charge in [0, 0.05) is 6.42 Å². The van der Waals surface area contributed by atoms with Crippen LogP contribution in [0.2, 0.25) is 0 Å². The number of fused-ring (bicyclic) bond motifs is 5. The quantitative estimate of drug-likeness (QED) is 0.218. The second-order valence-corrected chi connectivity index (χ2v) is 15.5. The fraction of sp³-hybridized carbons (Fsp3) is 0.737. The normalized spacial score (nSPS) is 34.7. The van der Waals surface area contributed by atoms with E-state index in [9.17, 15) is 9.59 Å². The van der Waals surface area contributed by atoms with Gasteiger partial charge in [0.2, 0.25) is 0 Å². The molecule has 4 aliphatic carbocycles. The first-order valence-electron chi connectivity index (χ1n) is 17.4. The first kappa shape index (κ1) is 32.1. The Balaban J connectivity index is 1.14. The Bertz CT molecular complexity index is 1150. The van der Waals surface area contributed by atoms with E-state index in [0.29, 0.717) is 5.41 Å². The fourth-order valence-electron chi connectivity index (χ4n) is 10.0. The Morgan fingerprint density at radius 1 is 0.953 bits per heavy atom. The second kappa shape index (κ2) is 13.4. The van der Waals surface area contributed by atoms with Gasteiger partial charge in [0.15, 0.2) is 0 Å². The summed E-state index contributed by atoms with van der Waals surface area (Å²) in [5.41, 5.74) is 3.14. The molecule has 1 aromatic rings. The summed E-state index contributed by atoms with van der Waals surface area (Å²) < 4.78 is 11.3. The zero-order valence-corrected chi connectivity index (χ0v) is 27.7. The molecule has 1 amide bonds. The molecule has 0 saturated heterocycles. The molecule has 238 valence electrons. The highest BCUT2D eigenvalue weighted by atomic mass is 16.6. The van der Waals surface area contributed by atoms with Crippen molar-refractivity contribution < 1.29 is 19.1 Å². The van der Waals surface area contributed by atoms with Gasteiger partial charge in [-0.1, -0.05) is 95.9 Å². The van der Waals surface area contributed by atoms with Crippen molar-refractivity contribution in [3.63, 3.8) is 0 Å². The molecule has 0 bridgehead atoms. The van der Waals surface area contributed by atoms with Crippen molar-refractivity contribution in [2.75, 3.05) is 0 Å². The number of benzene rings is 1. The minimum atomic E-state index is -0.750. The van der Waals surface area contributed by atoms with Crippen LogP contribution in [0, 0.1) is 46.3 Å². The highest BCUT2D eigenvalue weighted by Gasteiger charge is 2.59. The monoisotopic (exact) mass is 591 g/mol. The van der Waals surface area contributed by atoms with Crippen LogP contribution in [-0.2, 0) is 20.9 Å². The van der Waals surface area contributed by atoms with Crippen LogP contribution in [0.15, 0.2) is 42.0 Å². The first-order valence-corrected chi connectivity index (χ1v) is 17.4. The van der Waals surface area contributed by atoms with Crippen molar-refractivity contribution in [1.29, 1.82) is 0 Å². The van der Waals surface area contributed by atoms with E-state index in [-0.39, 0.29) is 24.1 Å². The number of carbonyl (C=O) groups is 2. The average molecular weight is 592 g/mol. The highest BCUT2D eigenvalue weighted by Crippen LogP contribution is 2.67. The van der Waals surface area contributed by atoms with Gasteiger partial charge in [0.05, 0.1) is 0 Å². The summed E-state index contributed by atoms with van der Waals surface area (Å²) in [6.45, 7) is 14.3. The van der Waals surface area contributed by atoms with Crippen molar-refractivity contribution in [2.24, 2.45) is 46.3 Å². The largest absolute Gasteiger partial charge is 0.461 e. The summed E-state index contributed by atoms with van der Waals surface area (Å²) in [5, 5.41) is 2.64. The van der Waals surface area contributed by atoms with Gasteiger partial charge < -0.3 is 14.8 Å². The Labute approximate surface area is 260 Å². The van der Waals surface area contributed by atoms with Gasteiger partial charge in [0.1, 0.15) is 18.8 Å². The van der Waals surface area contributed by atoms with Gasteiger partial charge in [0.25, 0.3) is 0 Å². The molecule has 3 fully saturated rings. The van der Waals surface area contributed by atoms with Crippen molar-refractivity contribution in [1.82, 2.24) is 5.32 Å². The maximum absolute atomic E-state index is 12.9. The van der Waals surface area contributed by atoms with Crippen molar-refractivity contribution in [3.8, 4) is 0 Å². The third-order valence-corrected chi connectivity index (χ3v) is 12.4. The van der Waals surface area contributed by atoms with Crippen molar-refractivity contribution in [3.05, 3.63) is 47.5 Å². The molecular formula is C38H57NO4. The Morgan fingerprint density at radius 2 is 1.72 bits per heavy atom. The fourth-order valence-corrected chi connectivity index (χ4v) is 10.0. The van der Waals surface area contributed by atoms with Crippen LogP contribution in [-0.4, -0.2) is 24.2 Å². The summed E-state index contributed by atoms with van der Waals surface area (Å²) in [6, 6.07) is 8.78. The lowest BCUT2D eigenvalue weighted by Gasteiger charge is -2.58. The predicted octanol–water partition coefficient (Wildman–Crippen LogP) is 9.25. The molecule has 1 N–H and O–H groups in total. The zero-order chi connectivity index (χ0) is 30.8. The molecule has 9 atom stereocenters. The SMILES string of the molecule is CC(C)CCC[C@@H](C)[C@H]1CC[C@H]2[C@@H]3CC=C4C[C@@H](OC(=O)[C@H](C)NC(=O)OCc5ccccc5)CC[C@]4(C)[C@H]3CC[C@]12C. The number of allylic oxidation sites excluding steroid dienone is 1. The maximum Gasteiger partial charge on any atom is 0.408 e. The van der Waals surface area contributed by atoms with Crippen LogP contribution in [0.1, 0.15) is 118 Å². The average Bonchev–Trinajstić information content (AvgIpc) is 3.34. The van der Waals surface area contributed by atoms with E-state index in [1.165, 1.54) is 56.9 Å². The predicted molar refractivity (Wildman–Crippen MR) is 172 cm³/mol. The molecule has 0 spiro atoms. The molecular weight excluding hydrogens is 534 g/mol. The van der Waals surface area contributed by atoms with Gasteiger partial charge in [-0.15, -0.1) is 0 Å². The molecule has 0 heterocycles. The lowest BCUT2D eigenvalue weighted by atomic mass is 9.47. The number of hydrogen-bond acceptors (Lipinski definition) is 4. The number of nitrogens with one attached hydrogen (secondary N) is 1. The van der Waals surface area contributed by atoms with E-state index in [1.807, 2.05) is 30.3 Å². The van der Waals surface area contributed by atoms with E-state index in [1.54, 1.807) is 6.92 Å². The minimum Gasteiger partial charge on any atom is -0.461 e. The van der Waals surface area contributed by atoms with Crippen LogP contribution in [0.3, 0.4) is 0 Å². The van der Waals surface area contributed by atoms with Gasteiger partial charge in [-0.05, 0) is 104 Å². The summed E-state index contributed by atoms with van der Waals surface area (Å²) >= 11 is 0. The standard InChI is InChI=1S/C38H57NO4/c1-25(2)11-10-12-26(3)32-17-18-33-31-16-15-29-23-30(19-21-37(29,5)34(31)20-22-38(32,33)6)43-35(40)27(4)39-36(41)42-24-28-13-8-7-9-14-28/h7-9,13-15,25-27,30-34H,10-12,16-24H2,1-6H3,(H,39,41)/t26-,27+,30+,31+,32-,33+,34+,37+,38-/m1/s1. The summed E-state index contributed by atoms with van der Waals surface area (Å²) in [4.78, 5) is 25.2. The van der Waals surface area contributed by atoms with Crippen molar-refractivity contribution in [2.45, 2.75) is 131 Å². The van der Waals surface area contributed by atoms with Gasteiger partial charge in [-0.25, -0.2) is 9.59 Å². The molecule has 5 heteroatoms. The van der Waals surface area contributed by atoms with E-state index in [4.69, 9.17) is 9.47 Å². The van der Waals surface area contributed by atoms with Crippen LogP contribution >= 0.6 is 0 Å². The van der Waals surface area contributed by atoms with Gasteiger partial charge >= 0.3 is 12.1 Å². The lowest BCUT2D eigenvalue weighted by Crippen LogP contribution is -2.51. The molecule has 43 heavy (non-hydrogen) atoms. The van der Waals surface area contributed by atoms with Gasteiger partial charge in [-0.3, -0.25) is 0 Å². The molecule has 3 saturated carbocycles. The number of carbonyl (C=O) groups excluding carboxylic acids is 2. The topological polar surface area (TPSA) is 64.6 Å². The van der Waals surface area contributed by atoms with Gasteiger partial charge in [-0.2, -0.15) is 0 Å². The first-order chi connectivity index (χ1) is 20.5. The number of ether oxygens (including phenoxy) is 2. The number of rotatable bonds is 10. The molecule has 4 aliphatic rings. The highest BCUT2D eigenvalue weighted by molar-refractivity contribution is 5.81. The smallest absolute Gasteiger partial charge is 0.408 e. The molecule has 5 nitrogen and oxygen atoms in total. The minimum absolute atomic E-state index is 0.121. The maximum atomic E-state index is 12.9. The van der Waals surface area contributed by atoms with Crippen LogP contribution in [0.25, 0.3) is 0 Å². The molecule has 0 aliphatic heterocycles. The van der Waals surface area contributed by atoms with E-state index in [2.05, 4.69) is 46.0 Å². The Kier molecular flexibility index (Phi) is 9.98. The van der Waals surface area contributed by atoms with Crippen LogP contribution in [0.5, 0.6) is 0 Å². The summed E-state index contributed by atoms with van der Waals surface area (Å²) in [5.74, 6) is 4.54. The molecule has 5 rings (SSSR count). The van der Waals surface area contributed by atoms with Crippen LogP contribution in [0.4, 0.5) is 4.79 Å². The van der Waals surface area contributed by atoms with E-state index < -0.39 is 12.1 Å². The molecule has 0 aromatic heterocycles. The molecule has 1 aromatic carbocycles. The van der Waals surface area contributed by atoms with E-state index in [0.717, 1.165) is 60.3 Å². The molecule has 0 radical (unpaired) electrons. The number of hydrogen-bond donors (Lipinski definition) is 1. The third kappa shape index (κ3) is 6.86. The number of alkyl carbamates (subject to hydrolysis) is 1. The zero-order valence-electron chi connectivity index (χ0n) is 27.7. The van der Waals surface area contributed by atoms with Crippen molar-refractivity contribution >= 4 is 12.1 Å². The molecule has 0 unspecified atom stereocenters.